The van der Waals surface area contributed by atoms with Crippen molar-refractivity contribution in [1.29, 1.82) is 0 Å². The summed E-state index contributed by atoms with van der Waals surface area (Å²) in [5.74, 6) is 0. The molecular formula is C18H15NO2. The lowest BCUT2D eigenvalue weighted by atomic mass is 9.97. The Morgan fingerprint density at radius 3 is 2.14 bits per heavy atom. The molecule has 21 heavy (non-hydrogen) atoms. The third-order valence-corrected chi connectivity index (χ3v) is 3.66. The number of hydrogen-bond donors (Lipinski definition) is 1. The summed E-state index contributed by atoms with van der Waals surface area (Å²) in [6.45, 7) is 3.94. The first-order valence-corrected chi connectivity index (χ1v) is 6.81. The van der Waals surface area contributed by atoms with Crippen molar-refractivity contribution in [3.8, 4) is 11.1 Å². The molecule has 0 fully saturated rings. The molecule has 3 aromatic carbocycles. The Labute approximate surface area is 122 Å². The minimum absolute atomic E-state index is 0.387. The summed E-state index contributed by atoms with van der Waals surface area (Å²) < 4.78 is 0. The Bertz CT molecular complexity index is 869. The van der Waals surface area contributed by atoms with Gasteiger partial charge in [0.1, 0.15) is 5.69 Å². The molecular weight excluding hydrogens is 262 g/mol. The summed E-state index contributed by atoms with van der Waals surface area (Å²) in [6.07, 6.45) is 0. The van der Waals surface area contributed by atoms with E-state index in [1.54, 1.807) is 0 Å². The average Bonchev–Trinajstić information content (AvgIpc) is 2.50. The fraction of sp³-hybridized carbons (Fsp3) is 0.111. The lowest BCUT2D eigenvalue weighted by Gasteiger charge is -2.15. The second kappa shape index (κ2) is 5.02. The van der Waals surface area contributed by atoms with Crippen molar-refractivity contribution in [2.75, 3.05) is 5.32 Å². The lowest BCUT2D eigenvalue weighted by Crippen LogP contribution is -2.35. The number of para-hydroxylation sites is 1. The molecule has 0 saturated heterocycles. The molecule has 0 aliphatic heterocycles. The van der Waals surface area contributed by atoms with E-state index in [1.165, 1.54) is 0 Å². The third-order valence-electron chi connectivity index (χ3n) is 3.66. The number of nitrogens with one attached hydrogen (secondary N) is 1. The zero-order chi connectivity index (χ0) is 15.0. The van der Waals surface area contributed by atoms with E-state index in [0.717, 1.165) is 22.4 Å². The van der Waals surface area contributed by atoms with Gasteiger partial charge in [-0.3, -0.25) is 9.59 Å². The summed E-state index contributed by atoms with van der Waals surface area (Å²) >= 11 is 0. The van der Waals surface area contributed by atoms with Crippen LogP contribution in [0.4, 0.5) is 11.4 Å². The summed E-state index contributed by atoms with van der Waals surface area (Å²) in [5.41, 5.74) is 3.76. The molecule has 0 heterocycles. The smallest absolute Gasteiger partial charge is 0.250 e. The Balaban J connectivity index is 2.04. The van der Waals surface area contributed by atoms with Gasteiger partial charge in [0.05, 0.1) is 5.56 Å². The highest BCUT2D eigenvalue weighted by Gasteiger charge is 2.22. The highest BCUT2D eigenvalue weighted by molar-refractivity contribution is 5.85. The average molecular weight is 277 g/mol. The van der Waals surface area contributed by atoms with Crippen molar-refractivity contribution in [2.24, 2.45) is 0 Å². The largest absolute Gasteiger partial charge is 0.351 e. The Hall–Kier alpha value is -2.68. The van der Waals surface area contributed by atoms with Gasteiger partial charge >= 0.3 is 0 Å². The maximum Gasteiger partial charge on any atom is 0.250 e. The number of aryl methyl sites for hydroxylation is 2. The van der Waals surface area contributed by atoms with E-state index in [0.29, 0.717) is 11.3 Å². The van der Waals surface area contributed by atoms with Crippen molar-refractivity contribution in [1.82, 2.24) is 0 Å². The fourth-order valence-corrected chi connectivity index (χ4v) is 2.35. The minimum atomic E-state index is -0.450. The second-order valence-corrected chi connectivity index (χ2v) is 5.21. The fourth-order valence-electron chi connectivity index (χ4n) is 2.35. The summed E-state index contributed by atoms with van der Waals surface area (Å²) in [7, 11) is 0. The van der Waals surface area contributed by atoms with Crippen molar-refractivity contribution < 1.29 is 0 Å². The van der Waals surface area contributed by atoms with Crippen LogP contribution < -0.4 is 16.2 Å². The highest BCUT2D eigenvalue weighted by atomic mass is 16.2. The van der Waals surface area contributed by atoms with Crippen molar-refractivity contribution in [3.05, 3.63) is 80.1 Å². The van der Waals surface area contributed by atoms with E-state index in [9.17, 15) is 9.59 Å². The van der Waals surface area contributed by atoms with Crippen LogP contribution in [0.5, 0.6) is 0 Å². The molecule has 0 atom stereocenters. The molecule has 1 N–H and O–H groups in total. The minimum Gasteiger partial charge on any atom is -0.351 e. The van der Waals surface area contributed by atoms with E-state index in [2.05, 4.69) is 5.32 Å². The van der Waals surface area contributed by atoms with E-state index in [1.807, 2.05) is 62.4 Å². The van der Waals surface area contributed by atoms with Gasteiger partial charge in [0.15, 0.2) is 0 Å². The molecule has 0 saturated carbocycles. The molecule has 0 radical (unpaired) electrons. The van der Waals surface area contributed by atoms with Gasteiger partial charge < -0.3 is 5.32 Å². The van der Waals surface area contributed by atoms with Crippen molar-refractivity contribution >= 4 is 11.4 Å². The van der Waals surface area contributed by atoms with E-state index in [4.69, 9.17) is 0 Å². The summed E-state index contributed by atoms with van der Waals surface area (Å²) in [4.78, 5) is 23.7. The normalized spacial score (nSPS) is 10.8. The van der Waals surface area contributed by atoms with Crippen LogP contribution in [0.15, 0.2) is 58.1 Å². The van der Waals surface area contributed by atoms with Gasteiger partial charge in [0, 0.05) is 5.69 Å². The van der Waals surface area contributed by atoms with Gasteiger partial charge in [-0.25, -0.2) is 0 Å². The molecule has 0 aliphatic carbocycles. The second-order valence-electron chi connectivity index (χ2n) is 5.21. The van der Waals surface area contributed by atoms with E-state index >= 15 is 0 Å². The summed E-state index contributed by atoms with van der Waals surface area (Å²) in [5, 5.41) is 3.10. The van der Waals surface area contributed by atoms with Crippen LogP contribution in [0.3, 0.4) is 0 Å². The Morgan fingerprint density at radius 1 is 0.810 bits per heavy atom. The molecule has 0 unspecified atom stereocenters. The molecule has 0 bridgehead atoms. The van der Waals surface area contributed by atoms with Crippen LogP contribution in [0.2, 0.25) is 0 Å². The van der Waals surface area contributed by atoms with E-state index < -0.39 is 10.9 Å². The molecule has 104 valence electrons. The lowest BCUT2D eigenvalue weighted by molar-refractivity contribution is 1.35. The van der Waals surface area contributed by atoms with Crippen molar-refractivity contribution in [2.45, 2.75) is 13.8 Å². The molecule has 0 aromatic heterocycles. The predicted molar refractivity (Wildman–Crippen MR) is 86.0 cm³/mol. The van der Waals surface area contributed by atoms with Crippen molar-refractivity contribution in [3.63, 3.8) is 0 Å². The molecule has 3 rings (SSSR count). The Morgan fingerprint density at radius 2 is 1.48 bits per heavy atom. The topological polar surface area (TPSA) is 46.2 Å². The number of hydrogen-bond acceptors (Lipinski definition) is 3. The SMILES string of the molecule is Cc1ccc(-c2c(Nc3ccccc3C)c(=O)c2=O)cc1. The molecule has 0 amide bonds. The number of anilines is 2. The van der Waals surface area contributed by atoms with Gasteiger partial charge in [-0.2, -0.15) is 0 Å². The van der Waals surface area contributed by atoms with Crippen LogP contribution in [0.25, 0.3) is 11.1 Å². The standard InChI is InChI=1S/C18H15NO2/c1-11-7-9-13(10-8-11)15-16(18(21)17(15)20)19-14-6-4-3-5-12(14)2/h3-10,19H,1-2H3. The van der Waals surface area contributed by atoms with Gasteiger partial charge in [-0.05, 0) is 31.0 Å². The van der Waals surface area contributed by atoms with Crippen LogP contribution in [-0.4, -0.2) is 0 Å². The first-order chi connectivity index (χ1) is 10.1. The first-order valence-electron chi connectivity index (χ1n) is 6.81. The van der Waals surface area contributed by atoms with E-state index in [-0.39, 0.29) is 0 Å². The van der Waals surface area contributed by atoms with Gasteiger partial charge in [-0.1, -0.05) is 48.0 Å². The number of rotatable bonds is 3. The predicted octanol–water partition coefficient (Wildman–Crippen LogP) is 3.31. The van der Waals surface area contributed by atoms with Crippen LogP contribution >= 0.6 is 0 Å². The molecule has 0 spiro atoms. The van der Waals surface area contributed by atoms with Crippen LogP contribution in [0.1, 0.15) is 11.1 Å². The van der Waals surface area contributed by atoms with Crippen LogP contribution in [-0.2, 0) is 0 Å². The Kier molecular flexibility index (Phi) is 3.18. The van der Waals surface area contributed by atoms with Crippen LogP contribution in [0, 0.1) is 13.8 Å². The molecule has 0 aliphatic rings. The monoisotopic (exact) mass is 277 g/mol. The molecule has 3 nitrogen and oxygen atoms in total. The quantitative estimate of drug-likeness (QED) is 0.747. The maximum absolute atomic E-state index is 11.9. The first kappa shape index (κ1) is 13.3. The molecule has 3 aromatic rings. The summed E-state index contributed by atoms with van der Waals surface area (Å²) in [6, 6.07) is 15.3. The highest BCUT2D eigenvalue weighted by Crippen LogP contribution is 2.27. The zero-order valence-corrected chi connectivity index (χ0v) is 11.9. The van der Waals surface area contributed by atoms with Gasteiger partial charge in [0.2, 0.25) is 5.43 Å². The third kappa shape index (κ3) is 2.27. The number of benzene rings is 2. The zero-order valence-electron chi connectivity index (χ0n) is 11.9. The molecule has 3 heteroatoms. The van der Waals surface area contributed by atoms with Gasteiger partial charge in [0.25, 0.3) is 5.43 Å². The maximum atomic E-state index is 11.9. The van der Waals surface area contributed by atoms with Gasteiger partial charge in [-0.15, -0.1) is 0 Å².